The molecule has 0 aliphatic rings. The fraction of sp³-hybridized carbons (Fsp3) is 0. The maximum absolute atomic E-state index is 4.48. The third kappa shape index (κ3) is 3.33. The van der Waals surface area contributed by atoms with Crippen molar-refractivity contribution in [1.29, 1.82) is 0 Å². The van der Waals surface area contributed by atoms with E-state index in [2.05, 4.69) is 25.3 Å². The average Bonchev–Trinajstić information content (AvgIpc) is 2.89. The summed E-state index contributed by atoms with van der Waals surface area (Å²) in [4.78, 5) is 16.6. The van der Waals surface area contributed by atoms with Crippen molar-refractivity contribution in [2.24, 2.45) is 0 Å². The van der Waals surface area contributed by atoms with Crippen molar-refractivity contribution in [2.75, 3.05) is 5.32 Å². The number of pyridine rings is 1. The first-order valence-corrected chi connectivity index (χ1v) is 6.20. The molecule has 0 aliphatic heterocycles. The van der Waals surface area contributed by atoms with Gasteiger partial charge in [-0.05, 0) is 18.2 Å². The van der Waals surface area contributed by atoms with Crippen molar-refractivity contribution in [1.82, 2.24) is 19.9 Å². The van der Waals surface area contributed by atoms with Crippen molar-refractivity contribution in [3.05, 3.63) is 48.4 Å². The number of halogens is 1. The van der Waals surface area contributed by atoms with E-state index < -0.39 is 0 Å². The molecule has 3 aromatic heterocycles. The number of nitrogens with zero attached hydrogens (tertiary/aromatic N) is 4. The van der Waals surface area contributed by atoms with Crippen LogP contribution in [-0.2, 0) is 0 Å². The van der Waals surface area contributed by atoms with Crippen molar-refractivity contribution in [3.8, 4) is 11.3 Å². The molecule has 1 N–H and O–H groups in total. The van der Waals surface area contributed by atoms with Crippen LogP contribution >= 0.6 is 28.3 Å². The molecule has 0 radical (unpaired) electrons. The monoisotopic (exact) mass is 335 g/mol. The molecule has 3 aromatic rings. The summed E-state index contributed by atoms with van der Waals surface area (Å²) in [7, 11) is 0. The lowest BCUT2D eigenvalue weighted by molar-refractivity contribution is 1.16. The smallest absolute Gasteiger partial charge is 0.228 e. The summed E-state index contributed by atoms with van der Waals surface area (Å²) in [5.41, 5.74) is 1.96. The molecule has 3 heterocycles. The number of rotatable bonds is 3. The van der Waals surface area contributed by atoms with Gasteiger partial charge in [-0.25, -0.2) is 15.0 Å². The average molecular weight is 336 g/mol. The minimum absolute atomic E-state index is 0. The third-order valence-electron chi connectivity index (χ3n) is 2.26. The molecule has 0 saturated carbocycles. The second-order valence-electron chi connectivity index (χ2n) is 3.47. The van der Waals surface area contributed by atoms with Crippen LogP contribution < -0.4 is 5.32 Å². The van der Waals surface area contributed by atoms with E-state index in [9.17, 15) is 0 Å². The molecule has 0 aliphatic carbocycles. The fourth-order valence-electron chi connectivity index (χ4n) is 1.45. The molecule has 19 heavy (non-hydrogen) atoms. The highest BCUT2D eigenvalue weighted by Gasteiger charge is 2.05. The Morgan fingerprint density at radius 1 is 1.00 bits per heavy atom. The Morgan fingerprint density at radius 2 is 1.74 bits per heavy atom. The summed E-state index contributed by atoms with van der Waals surface area (Å²) in [5, 5.41) is 5.82. The van der Waals surface area contributed by atoms with Gasteiger partial charge in [-0.3, -0.25) is 4.98 Å². The van der Waals surface area contributed by atoms with Gasteiger partial charge in [-0.2, -0.15) is 0 Å². The maximum atomic E-state index is 4.48. The van der Waals surface area contributed by atoms with Gasteiger partial charge in [-0.15, -0.1) is 28.3 Å². The summed E-state index contributed by atoms with van der Waals surface area (Å²) in [5.74, 6) is 0.549. The molecule has 96 valence electrons. The highest BCUT2D eigenvalue weighted by Crippen LogP contribution is 2.25. The normalized spacial score (nSPS) is 9.68. The molecule has 0 unspecified atom stereocenters. The largest absolute Gasteiger partial charge is 0.300 e. The van der Waals surface area contributed by atoms with Gasteiger partial charge in [-0.1, -0.05) is 0 Å². The van der Waals surface area contributed by atoms with Gasteiger partial charge >= 0.3 is 0 Å². The highest BCUT2D eigenvalue weighted by atomic mass is 79.9. The molecule has 0 saturated heterocycles. The Bertz CT molecular complexity index is 629. The standard InChI is InChI=1S/C12H9N5S.BrH/c1-4-14-11(15-5-1)17-12-16-10(8-18-12)9-2-6-13-7-3-9;/h1-8H,(H,14,15,16,17);1H. The summed E-state index contributed by atoms with van der Waals surface area (Å²) >= 11 is 1.52. The van der Waals surface area contributed by atoms with Crippen LogP contribution in [0.4, 0.5) is 11.1 Å². The molecule has 0 fully saturated rings. The zero-order chi connectivity index (χ0) is 12.2. The predicted octanol–water partition coefficient (Wildman–Crippen LogP) is 3.32. The van der Waals surface area contributed by atoms with E-state index >= 15 is 0 Å². The van der Waals surface area contributed by atoms with Crippen LogP contribution in [0, 0.1) is 0 Å². The van der Waals surface area contributed by atoms with Crippen LogP contribution in [0.1, 0.15) is 0 Å². The quantitative estimate of drug-likeness (QED) is 0.795. The van der Waals surface area contributed by atoms with Gasteiger partial charge in [0.15, 0.2) is 5.13 Å². The number of thiazole rings is 1. The summed E-state index contributed by atoms with van der Waals surface area (Å²) < 4.78 is 0. The minimum Gasteiger partial charge on any atom is -0.300 e. The second kappa shape index (κ2) is 6.35. The summed E-state index contributed by atoms with van der Waals surface area (Å²) in [6, 6.07) is 5.63. The molecule has 0 atom stereocenters. The maximum Gasteiger partial charge on any atom is 0.228 e. The summed E-state index contributed by atoms with van der Waals surface area (Å²) in [6.07, 6.45) is 6.88. The van der Waals surface area contributed by atoms with Gasteiger partial charge in [0.25, 0.3) is 0 Å². The first-order chi connectivity index (χ1) is 8.92. The van der Waals surface area contributed by atoms with E-state index in [1.54, 1.807) is 30.9 Å². The number of nitrogens with one attached hydrogen (secondary N) is 1. The van der Waals surface area contributed by atoms with Crippen LogP contribution in [0.3, 0.4) is 0 Å². The van der Waals surface area contributed by atoms with E-state index in [1.807, 2.05) is 17.5 Å². The van der Waals surface area contributed by atoms with E-state index in [1.165, 1.54) is 11.3 Å². The lowest BCUT2D eigenvalue weighted by atomic mass is 10.2. The molecular formula is C12H10BrN5S. The van der Waals surface area contributed by atoms with E-state index in [-0.39, 0.29) is 17.0 Å². The zero-order valence-electron chi connectivity index (χ0n) is 9.72. The molecule has 0 spiro atoms. The van der Waals surface area contributed by atoms with Crippen LogP contribution in [0.25, 0.3) is 11.3 Å². The first-order valence-electron chi connectivity index (χ1n) is 5.32. The van der Waals surface area contributed by atoms with Gasteiger partial charge < -0.3 is 5.32 Å². The number of aromatic nitrogens is 4. The Balaban J connectivity index is 0.00000133. The molecule has 0 amide bonds. The Hall–Kier alpha value is -1.86. The van der Waals surface area contributed by atoms with E-state index in [0.717, 1.165) is 16.4 Å². The Kier molecular flexibility index (Phi) is 4.53. The van der Waals surface area contributed by atoms with Gasteiger partial charge in [0, 0.05) is 35.7 Å². The topological polar surface area (TPSA) is 63.6 Å². The van der Waals surface area contributed by atoms with Gasteiger partial charge in [0.05, 0.1) is 5.69 Å². The Morgan fingerprint density at radius 3 is 2.47 bits per heavy atom. The molecule has 0 aromatic carbocycles. The van der Waals surface area contributed by atoms with Gasteiger partial charge in [0.2, 0.25) is 5.95 Å². The second-order valence-corrected chi connectivity index (χ2v) is 4.33. The molecule has 3 rings (SSSR count). The fourth-order valence-corrected chi connectivity index (χ4v) is 2.16. The molecule has 0 bridgehead atoms. The lowest BCUT2D eigenvalue weighted by Gasteiger charge is -1.98. The number of anilines is 2. The van der Waals surface area contributed by atoms with Crippen LogP contribution in [0.15, 0.2) is 48.4 Å². The Labute approximate surface area is 124 Å². The van der Waals surface area contributed by atoms with E-state index in [4.69, 9.17) is 0 Å². The number of hydrogen-bond acceptors (Lipinski definition) is 6. The highest BCUT2D eigenvalue weighted by molar-refractivity contribution is 8.93. The SMILES string of the molecule is Br.c1cnc(Nc2nc(-c3ccncc3)cs2)nc1. The molecular weight excluding hydrogens is 326 g/mol. The van der Waals surface area contributed by atoms with Gasteiger partial charge in [0.1, 0.15) is 0 Å². The van der Waals surface area contributed by atoms with Crippen molar-refractivity contribution in [2.45, 2.75) is 0 Å². The first kappa shape index (κ1) is 13.6. The number of hydrogen-bond donors (Lipinski definition) is 1. The third-order valence-corrected chi connectivity index (χ3v) is 3.02. The molecule has 7 heteroatoms. The molecule has 5 nitrogen and oxygen atoms in total. The zero-order valence-corrected chi connectivity index (χ0v) is 12.3. The van der Waals surface area contributed by atoms with Crippen LogP contribution in [-0.4, -0.2) is 19.9 Å². The lowest BCUT2D eigenvalue weighted by Crippen LogP contribution is -1.94. The van der Waals surface area contributed by atoms with Crippen LogP contribution in [0.2, 0.25) is 0 Å². The predicted molar refractivity (Wildman–Crippen MR) is 81.0 cm³/mol. The summed E-state index contributed by atoms with van der Waals surface area (Å²) in [6.45, 7) is 0. The van der Waals surface area contributed by atoms with Crippen LogP contribution in [0.5, 0.6) is 0 Å². The van der Waals surface area contributed by atoms with Crippen molar-refractivity contribution >= 4 is 39.4 Å². The van der Waals surface area contributed by atoms with Crippen molar-refractivity contribution < 1.29 is 0 Å². The van der Waals surface area contributed by atoms with Crippen molar-refractivity contribution in [3.63, 3.8) is 0 Å². The van der Waals surface area contributed by atoms with E-state index in [0.29, 0.717) is 5.95 Å². The minimum atomic E-state index is 0.